The van der Waals surface area contributed by atoms with Crippen molar-refractivity contribution in [2.24, 2.45) is 5.92 Å². The van der Waals surface area contributed by atoms with Gasteiger partial charge >= 0.3 is 6.01 Å². The summed E-state index contributed by atoms with van der Waals surface area (Å²) in [6, 6.07) is 12.6. The summed E-state index contributed by atoms with van der Waals surface area (Å²) in [5, 5.41) is 10.3. The highest BCUT2D eigenvalue weighted by molar-refractivity contribution is 6.03. The topological polar surface area (TPSA) is 97.6 Å². The van der Waals surface area contributed by atoms with E-state index in [4.69, 9.17) is 9.15 Å². The fraction of sp³-hybridized carbons (Fsp3) is 0.200. The molecule has 1 aliphatic heterocycles. The molecule has 3 aromatic rings. The van der Waals surface area contributed by atoms with Gasteiger partial charge in [-0.15, -0.1) is 5.10 Å². The number of hydrogen-bond acceptors (Lipinski definition) is 6. The van der Waals surface area contributed by atoms with E-state index in [9.17, 15) is 14.0 Å². The number of ether oxygens (including phenoxy) is 1. The maximum Gasteiger partial charge on any atom is 0.322 e. The second-order valence-corrected chi connectivity index (χ2v) is 6.48. The van der Waals surface area contributed by atoms with Crippen LogP contribution in [-0.2, 0) is 9.59 Å². The number of methoxy groups -OCH3 is 1. The molecule has 8 nitrogen and oxygen atoms in total. The van der Waals surface area contributed by atoms with Crippen LogP contribution >= 0.6 is 0 Å². The van der Waals surface area contributed by atoms with Gasteiger partial charge in [0.05, 0.1) is 18.6 Å². The minimum Gasteiger partial charge on any atom is -0.496 e. The van der Waals surface area contributed by atoms with Gasteiger partial charge in [0.15, 0.2) is 0 Å². The van der Waals surface area contributed by atoms with Crippen molar-refractivity contribution in [2.75, 3.05) is 23.9 Å². The van der Waals surface area contributed by atoms with E-state index in [-0.39, 0.29) is 30.8 Å². The molecule has 2 amide bonds. The Hall–Kier alpha value is -3.75. The number of carbonyl (C=O) groups is 2. The summed E-state index contributed by atoms with van der Waals surface area (Å²) >= 11 is 0. The lowest BCUT2D eigenvalue weighted by Crippen LogP contribution is -2.28. The van der Waals surface area contributed by atoms with Gasteiger partial charge < -0.3 is 14.1 Å². The van der Waals surface area contributed by atoms with Gasteiger partial charge in [0.1, 0.15) is 11.6 Å². The molecule has 0 saturated carbocycles. The van der Waals surface area contributed by atoms with E-state index < -0.39 is 17.6 Å². The fourth-order valence-electron chi connectivity index (χ4n) is 3.17. The van der Waals surface area contributed by atoms with Gasteiger partial charge in [-0.2, -0.15) is 0 Å². The lowest BCUT2D eigenvalue weighted by molar-refractivity contribution is -0.122. The molecule has 1 aliphatic rings. The Bertz CT molecular complexity index is 1050. The van der Waals surface area contributed by atoms with Crippen LogP contribution in [-0.4, -0.2) is 35.7 Å². The average molecular weight is 396 g/mol. The first kappa shape index (κ1) is 18.6. The number of anilines is 2. The minimum atomic E-state index is -0.589. The quantitative estimate of drug-likeness (QED) is 0.712. The summed E-state index contributed by atoms with van der Waals surface area (Å²) in [7, 11) is 1.53. The summed E-state index contributed by atoms with van der Waals surface area (Å²) in [5.41, 5.74) is 1.14. The summed E-state index contributed by atoms with van der Waals surface area (Å²) < 4.78 is 23.9. The predicted octanol–water partition coefficient (Wildman–Crippen LogP) is 2.88. The van der Waals surface area contributed by atoms with Gasteiger partial charge in [-0.25, -0.2) is 4.39 Å². The van der Waals surface area contributed by atoms with Gasteiger partial charge in [0, 0.05) is 18.7 Å². The molecule has 1 fully saturated rings. The van der Waals surface area contributed by atoms with Crippen LogP contribution in [0.3, 0.4) is 0 Å². The number of halogens is 1. The first-order valence-electron chi connectivity index (χ1n) is 8.89. The molecule has 0 aliphatic carbocycles. The van der Waals surface area contributed by atoms with Crippen LogP contribution in [0.2, 0.25) is 0 Å². The van der Waals surface area contributed by atoms with Crippen LogP contribution in [0.25, 0.3) is 11.5 Å². The normalized spacial score (nSPS) is 16.1. The van der Waals surface area contributed by atoms with Crippen LogP contribution in [0.1, 0.15) is 6.42 Å². The second kappa shape index (κ2) is 7.70. The molecule has 9 heteroatoms. The van der Waals surface area contributed by atoms with E-state index in [1.54, 1.807) is 18.2 Å². The van der Waals surface area contributed by atoms with E-state index in [1.165, 1.54) is 36.3 Å². The van der Waals surface area contributed by atoms with Crippen LogP contribution in [0, 0.1) is 11.7 Å². The Labute approximate surface area is 165 Å². The number of hydrogen-bond donors (Lipinski definition) is 1. The standard InChI is InChI=1S/C20H17FN4O4/c1-28-16-5-3-2-4-15(16)19-23-24-20(29-19)22-18(27)12-10-17(26)25(11-12)14-8-6-13(21)7-9-14/h2-9,12H,10-11H2,1H3,(H,22,24,27)/t12-/m1/s1. The summed E-state index contributed by atoms with van der Waals surface area (Å²) in [6.45, 7) is 0.184. The molecule has 1 atom stereocenters. The van der Waals surface area contributed by atoms with E-state index >= 15 is 0 Å². The lowest BCUT2D eigenvalue weighted by atomic mass is 10.1. The Morgan fingerprint density at radius 3 is 2.72 bits per heavy atom. The smallest absolute Gasteiger partial charge is 0.322 e. The first-order chi connectivity index (χ1) is 14.0. The minimum absolute atomic E-state index is 0.0384. The van der Waals surface area contributed by atoms with E-state index in [2.05, 4.69) is 15.5 Å². The molecule has 1 saturated heterocycles. The number of carbonyl (C=O) groups excluding carboxylic acids is 2. The van der Waals surface area contributed by atoms with Crippen molar-refractivity contribution in [2.45, 2.75) is 6.42 Å². The van der Waals surface area contributed by atoms with Gasteiger partial charge in [-0.3, -0.25) is 14.9 Å². The van der Waals surface area contributed by atoms with Crippen molar-refractivity contribution >= 4 is 23.5 Å². The van der Waals surface area contributed by atoms with Crippen molar-refractivity contribution in [1.82, 2.24) is 10.2 Å². The Kier molecular flexibility index (Phi) is 4.94. The van der Waals surface area contributed by atoms with Gasteiger partial charge in [-0.1, -0.05) is 17.2 Å². The monoisotopic (exact) mass is 396 g/mol. The third-order valence-corrected chi connectivity index (χ3v) is 4.63. The number of aromatic nitrogens is 2. The molecule has 1 N–H and O–H groups in total. The van der Waals surface area contributed by atoms with Crippen LogP contribution in [0.5, 0.6) is 5.75 Å². The molecule has 0 spiro atoms. The fourth-order valence-corrected chi connectivity index (χ4v) is 3.17. The van der Waals surface area contributed by atoms with E-state index in [0.717, 1.165) is 0 Å². The highest BCUT2D eigenvalue weighted by Gasteiger charge is 2.35. The highest BCUT2D eigenvalue weighted by atomic mass is 19.1. The van der Waals surface area contributed by atoms with Crippen LogP contribution in [0.15, 0.2) is 52.9 Å². The Morgan fingerprint density at radius 2 is 1.97 bits per heavy atom. The number of amides is 2. The van der Waals surface area contributed by atoms with Crippen molar-refractivity contribution in [1.29, 1.82) is 0 Å². The Morgan fingerprint density at radius 1 is 1.21 bits per heavy atom. The molecule has 1 aromatic heterocycles. The van der Waals surface area contributed by atoms with E-state index in [1.807, 2.05) is 6.07 Å². The van der Waals surface area contributed by atoms with Crippen molar-refractivity contribution < 1.29 is 23.1 Å². The maximum atomic E-state index is 13.1. The third kappa shape index (κ3) is 3.79. The molecular formula is C20H17FN4O4. The van der Waals surface area contributed by atoms with Crippen molar-refractivity contribution in [3.05, 3.63) is 54.3 Å². The van der Waals surface area contributed by atoms with Gasteiger partial charge in [-0.05, 0) is 36.4 Å². The highest BCUT2D eigenvalue weighted by Crippen LogP contribution is 2.30. The Balaban J connectivity index is 1.44. The lowest BCUT2D eigenvalue weighted by Gasteiger charge is -2.16. The van der Waals surface area contributed by atoms with Crippen molar-refractivity contribution in [3.8, 4) is 17.2 Å². The summed E-state index contributed by atoms with van der Waals surface area (Å²) in [6.07, 6.45) is 0.0384. The molecule has 29 heavy (non-hydrogen) atoms. The second-order valence-electron chi connectivity index (χ2n) is 6.48. The first-order valence-corrected chi connectivity index (χ1v) is 8.89. The molecular weight excluding hydrogens is 379 g/mol. The van der Waals surface area contributed by atoms with Crippen LogP contribution < -0.4 is 15.0 Å². The molecule has 2 aromatic carbocycles. The van der Waals surface area contributed by atoms with Crippen molar-refractivity contribution in [3.63, 3.8) is 0 Å². The zero-order valence-corrected chi connectivity index (χ0v) is 15.5. The number of benzene rings is 2. The number of nitrogens with zero attached hydrogens (tertiary/aromatic N) is 3. The maximum absolute atomic E-state index is 13.1. The average Bonchev–Trinajstić information content (AvgIpc) is 3.35. The van der Waals surface area contributed by atoms with Gasteiger partial charge in [0.2, 0.25) is 11.8 Å². The largest absolute Gasteiger partial charge is 0.496 e. The zero-order valence-electron chi connectivity index (χ0n) is 15.5. The number of nitrogens with one attached hydrogen (secondary N) is 1. The van der Waals surface area contributed by atoms with Gasteiger partial charge in [0.25, 0.3) is 5.89 Å². The summed E-state index contributed by atoms with van der Waals surface area (Å²) in [4.78, 5) is 26.3. The molecule has 148 valence electrons. The molecule has 0 bridgehead atoms. The molecule has 4 rings (SSSR count). The zero-order chi connectivity index (χ0) is 20.4. The summed E-state index contributed by atoms with van der Waals surface area (Å²) in [5.74, 6) is -0.833. The number of para-hydroxylation sites is 1. The molecule has 0 radical (unpaired) electrons. The predicted molar refractivity (Wildman–Crippen MR) is 102 cm³/mol. The molecule has 0 unspecified atom stereocenters. The molecule has 2 heterocycles. The number of rotatable bonds is 5. The SMILES string of the molecule is COc1ccccc1-c1nnc(NC(=O)[C@@H]2CC(=O)N(c3ccc(F)cc3)C2)o1. The van der Waals surface area contributed by atoms with E-state index in [0.29, 0.717) is 17.0 Å². The van der Waals surface area contributed by atoms with Crippen LogP contribution in [0.4, 0.5) is 16.1 Å². The third-order valence-electron chi connectivity index (χ3n) is 4.63.